The molecule has 1 fully saturated rings. The number of hydrogen-bond donors (Lipinski definition) is 5. The van der Waals surface area contributed by atoms with Gasteiger partial charge in [0.2, 0.25) is 11.8 Å². The quantitative estimate of drug-likeness (QED) is 0.153. The van der Waals surface area contributed by atoms with Crippen LogP contribution >= 0.6 is 0 Å². The fourth-order valence-corrected chi connectivity index (χ4v) is 4.12. The zero-order valence-electron chi connectivity index (χ0n) is 21.1. The molecule has 1 aliphatic heterocycles. The first-order valence-electron chi connectivity index (χ1n) is 12.2. The lowest BCUT2D eigenvalue weighted by Gasteiger charge is -2.31. The van der Waals surface area contributed by atoms with Crippen LogP contribution in [-0.2, 0) is 14.4 Å². The van der Waals surface area contributed by atoms with E-state index >= 15 is 0 Å². The number of likely N-dealkylation sites (tertiary alicyclic amines) is 1. The predicted octanol–water partition coefficient (Wildman–Crippen LogP) is 0.590. The van der Waals surface area contributed by atoms with Crippen LogP contribution in [0.1, 0.15) is 55.5 Å². The predicted molar refractivity (Wildman–Crippen MR) is 134 cm³/mol. The van der Waals surface area contributed by atoms with Crippen molar-refractivity contribution in [1.29, 1.82) is 10.7 Å². The number of nitrogens with two attached hydrogens (primary N) is 1. The Morgan fingerprint density at radius 3 is 2.46 bits per heavy atom. The molecule has 0 aromatic heterocycles. The molecule has 0 spiro atoms. The average Bonchev–Trinajstić information content (AvgIpc) is 3.38. The minimum absolute atomic E-state index is 0.144. The summed E-state index contributed by atoms with van der Waals surface area (Å²) in [5.74, 6) is -2.75. The molecule has 200 valence electrons. The summed E-state index contributed by atoms with van der Waals surface area (Å²) in [6, 6.07) is 5.15. The number of nitriles is 1. The lowest BCUT2D eigenvalue weighted by atomic mass is 10.0. The van der Waals surface area contributed by atoms with Gasteiger partial charge in [-0.25, -0.2) is 4.39 Å². The highest BCUT2D eigenvalue weighted by Crippen LogP contribution is 2.21. The Balaban J connectivity index is 2.09. The highest BCUT2D eigenvalue weighted by Gasteiger charge is 2.39. The monoisotopic (exact) mass is 515 g/mol. The first-order chi connectivity index (χ1) is 17.6. The van der Waals surface area contributed by atoms with Crippen LogP contribution in [-0.4, -0.2) is 72.3 Å². The summed E-state index contributed by atoms with van der Waals surface area (Å²) < 4.78 is 13.1. The Hall–Kier alpha value is -4.01. The van der Waals surface area contributed by atoms with Crippen LogP contribution in [0.25, 0.3) is 0 Å². The fourth-order valence-electron chi connectivity index (χ4n) is 4.12. The molecule has 1 aromatic carbocycles. The van der Waals surface area contributed by atoms with Crippen LogP contribution in [0, 0.1) is 22.7 Å². The van der Waals surface area contributed by atoms with E-state index in [0.717, 1.165) is 0 Å². The second-order valence-corrected chi connectivity index (χ2v) is 9.22. The van der Waals surface area contributed by atoms with Crippen molar-refractivity contribution in [2.75, 3.05) is 19.8 Å². The van der Waals surface area contributed by atoms with Crippen molar-refractivity contribution < 1.29 is 23.6 Å². The number of benzene rings is 1. The van der Waals surface area contributed by atoms with Crippen molar-refractivity contribution in [3.63, 3.8) is 0 Å². The van der Waals surface area contributed by atoms with E-state index in [9.17, 15) is 23.6 Å². The molecule has 0 unspecified atom stereocenters. The van der Waals surface area contributed by atoms with Crippen molar-refractivity contribution in [3.05, 3.63) is 35.4 Å². The summed E-state index contributed by atoms with van der Waals surface area (Å²) in [5, 5.41) is 24.0. The number of amides is 3. The number of halogens is 1. The first-order valence-corrected chi connectivity index (χ1v) is 12.2. The van der Waals surface area contributed by atoms with E-state index < -0.39 is 48.3 Å². The van der Waals surface area contributed by atoms with Crippen LogP contribution < -0.4 is 21.7 Å². The maximum absolute atomic E-state index is 13.4. The van der Waals surface area contributed by atoms with Crippen LogP contribution in [0.15, 0.2) is 24.3 Å². The lowest BCUT2D eigenvalue weighted by molar-refractivity contribution is -0.141. The van der Waals surface area contributed by atoms with Gasteiger partial charge in [-0.3, -0.25) is 24.6 Å². The molecule has 0 aliphatic carbocycles. The van der Waals surface area contributed by atoms with Gasteiger partial charge in [0.15, 0.2) is 11.7 Å². The number of Topliss-reactive ketones (excluding diaryl/α,β-unsaturated/α-hetero) is 1. The molecule has 0 saturated carbocycles. The van der Waals surface area contributed by atoms with Crippen LogP contribution in [0.5, 0.6) is 0 Å². The normalized spacial score (nSPS) is 16.4. The Labute approximate surface area is 215 Å². The Morgan fingerprint density at radius 2 is 1.89 bits per heavy atom. The first kappa shape index (κ1) is 29.2. The van der Waals surface area contributed by atoms with Gasteiger partial charge in [0, 0.05) is 18.7 Å². The topological polar surface area (TPSA) is 181 Å². The number of alkyl halides is 1. The Kier molecular flexibility index (Phi) is 11.0. The number of ketones is 1. The maximum atomic E-state index is 13.4. The second-order valence-electron chi connectivity index (χ2n) is 9.22. The molecule has 3 atom stereocenters. The number of carbonyl (C=O) groups excluding carboxylic acids is 4. The summed E-state index contributed by atoms with van der Waals surface area (Å²) in [5.41, 5.74) is 5.92. The maximum Gasteiger partial charge on any atom is 0.251 e. The summed E-state index contributed by atoms with van der Waals surface area (Å²) in [4.78, 5) is 52.8. The van der Waals surface area contributed by atoms with Crippen molar-refractivity contribution in [2.24, 2.45) is 11.7 Å². The zero-order chi connectivity index (χ0) is 27.5. The molecule has 6 N–H and O–H groups in total. The van der Waals surface area contributed by atoms with Gasteiger partial charge in [-0.1, -0.05) is 13.8 Å². The molecule has 1 aliphatic rings. The minimum Gasteiger partial charge on any atom is -0.370 e. The number of nitrogens with one attached hydrogen (secondary N) is 4. The molecule has 12 heteroatoms. The summed E-state index contributed by atoms with van der Waals surface area (Å²) in [7, 11) is 0. The van der Waals surface area contributed by atoms with Gasteiger partial charge in [0.05, 0.1) is 17.7 Å². The molecule has 1 heterocycles. The number of guanidine groups is 1. The van der Waals surface area contributed by atoms with Gasteiger partial charge in [-0.2, -0.15) is 5.26 Å². The Morgan fingerprint density at radius 1 is 1.22 bits per heavy atom. The smallest absolute Gasteiger partial charge is 0.251 e. The molecule has 1 aromatic rings. The number of nitrogens with zero attached hydrogens (tertiary/aromatic N) is 2. The third-order valence-electron chi connectivity index (χ3n) is 6.16. The molecule has 0 radical (unpaired) electrons. The highest BCUT2D eigenvalue weighted by atomic mass is 19.1. The largest absolute Gasteiger partial charge is 0.370 e. The van der Waals surface area contributed by atoms with Gasteiger partial charge < -0.3 is 26.6 Å². The van der Waals surface area contributed by atoms with Crippen molar-refractivity contribution in [2.45, 2.75) is 57.7 Å². The van der Waals surface area contributed by atoms with Crippen LogP contribution in [0.4, 0.5) is 4.39 Å². The second kappa shape index (κ2) is 13.9. The molecule has 11 nitrogen and oxygen atoms in total. The molecular weight excluding hydrogens is 481 g/mol. The van der Waals surface area contributed by atoms with E-state index in [-0.39, 0.29) is 24.8 Å². The van der Waals surface area contributed by atoms with Crippen molar-refractivity contribution in [1.82, 2.24) is 20.9 Å². The highest BCUT2D eigenvalue weighted by molar-refractivity contribution is 5.99. The third kappa shape index (κ3) is 8.27. The molecule has 1 saturated heterocycles. The van der Waals surface area contributed by atoms with Gasteiger partial charge in [-0.15, -0.1) is 0 Å². The van der Waals surface area contributed by atoms with E-state index in [4.69, 9.17) is 16.4 Å². The van der Waals surface area contributed by atoms with E-state index in [2.05, 4.69) is 16.0 Å². The zero-order valence-corrected chi connectivity index (χ0v) is 21.1. The summed E-state index contributed by atoms with van der Waals surface area (Å²) in [6.07, 6.45) is 1.43. The number of hydrogen-bond acceptors (Lipinski definition) is 6. The third-order valence-corrected chi connectivity index (χ3v) is 6.16. The summed E-state index contributed by atoms with van der Waals surface area (Å²) in [6.45, 7) is 2.90. The number of carbonyl (C=O) groups is 4. The summed E-state index contributed by atoms with van der Waals surface area (Å²) >= 11 is 0. The Bertz CT molecular complexity index is 1040. The van der Waals surface area contributed by atoms with E-state index in [1.807, 2.05) is 6.07 Å². The van der Waals surface area contributed by atoms with Crippen LogP contribution in [0.3, 0.4) is 0 Å². The molecule has 37 heavy (non-hydrogen) atoms. The van der Waals surface area contributed by atoms with Crippen molar-refractivity contribution in [3.8, 4) is 6.07 Å². The van der Waals surface area contributed by atoms with E-state index in [1.54, 1.807) is 13.8 Å². The van der Waals surface area contributed by atoms with Gasteiger partial charge in [-0.05, 0) is 55.9 Å². The van der Waals surface area contributed by atoms with Gasteiger partial charge >= 0.3 is 0 Å². The lowest BCUT2D eigenvalue weighted by Crippen LogP contribution is -2.56. The van der Waals surface area contributed by atoms with E-state index in [0.29, 0.717) is 36.9 Å². The van der Waals surface area contributed by atoms with Gasteiger partial charge in [0.1, 0.15) is 18.8 Å². The minimum atomic E-state index is -1.24. The van der Waals surface area contributed by atoms with E-state index in [1.165, 1.54) is 29.2 Å². The molecular formula is C25H34FN7O4. The SMILES string of the molecule is CC(C)[C@H](NC(=O)c1ccc(C#N)cc1)C(=O)N1CCC[C@H]1C(=O)N[C@@H](CCCNC(=N)N)C(=O)CF. The van der Waals surface area contributed by atoms with Crippen LogP contribution in [0.2, 0.25) is 0 Å². The standard InChI is InChI=1S/C25H34FN7O4/c1-15(2)21(32-22(35)17-9-7-16(14-27)8-10-17)24(37)33-12-4-6-19(33)23(36)31-18(20(34)13-26)5-3-11-30-25(28)29/h7-10,15,18-19,21H,3-6,11-13H2,1-2H3,(H,31,36)(H,32,35)(H4,28,29,30)/t18-,19-,21-/m0/s1. The van der Waals surface area contributed by atoms with Crippen molar-refractivity contribution >= 4 is 29.5 Å². The molecule has 0 bridgehead atoms. The fraction of sp³-hybridized carbons (Fsp3) is 0.520. The van der Waals surface area contributed by atoms with Gasteiger partial charge in [0.25, 0.3) is 5.91 Å². The average molecular weight is 516 g/mol. The number of rotatable bonds is 12. The molecule has 2 rings (SSSR count). The molecule has 3 amide bonds.